The average molecular weight is 346 g/mol. The normalized spacial score (nSPS) is 19.2. The van der Waals surface area contributed by atoms with Gasteiger partial charge in [0.1, 0.15) is 0 Å². The SMILES string of the molecule is Cc1ccccc1C(CI)OC1CCOCC1. The minimum Gasteiger partial charge on any atom is -0.381 e. The molecular formula is C14H19IO2. The van der Waals surface area contributed by atoms with E-state index in [1.54, 1.807) is 0 Å². The van der Waals surface area contributed by atoms with Gasteiger partial charge >= 0.3 is 0 Å². The molecule has 0 aliphatic carbocycles. The van der Waals surface area contributed by atoms with Crippen LogP contribution in [0.4, 0.5) is 0 Å². The van der Waals surface area contributed by atoms with Gasteiger partial charge < -0.3 is 9.47 Å². The third-order valence-electron chi connectivity index (χ3n) is 3.20. The summed E-state index contributed by atoms with van der Waals surface area (Å²) < 4.78 is 12.6. The third-order valence-corrected chi connectivity index (χ3v) is 4.00. The Balaban J connectivity index is 2.03. The van der Waals surface area contributed by atoms with Gasteiger partial charge in [0, 0.05) is 17.6 Å². The van der Waals surface area contributed by atoms with E-state index in [1.165, 1.54) is 11.1 Å². The number of hydrogen-bond acceptors (Lipinski definition) is 2. The number of benzene rings is 1. The molecule has 1 unspecified atom stereocenters. The number of alkyl halides is 1. The molecule has 94 valence electrons. The first-order chi connectivity index (χ1) is 8.31. The van der Waals surface area contributed by atoms with Crippen LogP contribution in [-0.4, -0.2) is 23.7 Å². The first-order valence-electron chi connectivity index (χ1n) is 6.16. The molecule has 1 heterocycles. The quantitative estimate of drug-likeness (QED) is 0.612. The second kappa shape index (κ2) is 6.71. The lowest BCUT2D eigenvalue weighted by Crippen LogP contribution is -2.26. The minimum absolute atomic E-state index is 0.222. The van der Waals surface area contributed by atoms with Crippen LogP contribution in [0.15, 0.2) is 24.3 Å². The van der Waals surface area contributed by atoms with Crippen LogP contribution in [0.3, 0.4) is 0 Å². The summed E-state index contributed by atoms with van der Waals surface area (Å²) in [6, 6.07) is 8.51. The smallest absolute Gasteiger partial charge is 0.0920 e. The fourth-order valence-corrected chi connectivity index (χ4v) is 2.87. The van der Waals surface area contributed by atoms with Crippen LogP contribution in [0.5, 0.6) is 0 Å². The summed E-state index contributed by atoms with van der Waals surface area (Å²) in [6.07, 6.45) is 2.64. The van der Waals surface area contributed by atoms with Gasteiger partial charge in [0.2, 0.25) is 0 Å². The predicted octanol–water partition coefficient (Wildman–Crippen LogP) is 3.67. The van der Waals surface area contributed by atoms with Crippen LogP contribution in [0.2, 0.25) is 0 Å². The lowest BCUT2D eigenvalue weighted by Gasteiger charge is -2.27. The molecule has 1 aromatic carbocycles. The zero-order chi connectivity index (χ0) is 12.1. The van der Waals surface area contributed by atoms with Crippen molar-refractivity contribution >= 4 is 22.6 Å². The van der Waals surface area contributed by atoms with Crippen LogP contribution >= 0.6 is 22.6 Å². The average Bonchev–Trinajstić information content (AvgIpc) is 2.38. The zero-order valence-electron chi connectivity index (χ0n) is 10.2. The molecule has 17 heavy (non-hydrogen) atoms. The zero-order valence-corrected chi connectivity index (χ0v) is 12.4. The molecule has 0 radical (unpaired) electrons. The maximum Gasteiger partial charge on any atom is 0.0920 e. The number of rotatable bonds is 4. The topological polar surface area (TPSA) is 18.5 Å². The van der Waals surface area contributed by atoms with E-state index in [1.807, 2.05) is 0 Å². The van der Waals surface area contributed by atoms with Crippen molar-refractivity contribution < 1.29 is 9.47 Å². The summed E-state index contributed by atoms with van der Waals surface area (Å²) in [6.45, 7) is 3.83. The van der Waals surface area contributed by atoms with Crippen molar-refractivity contribution in [1.82, 2.24) is 0 Å². The molecule has 2 rings (SSSR count). The Hall–Kier alpha value is -0.130. The monoisotopic (exact) mass is 346 g/mol. The molecule has 1 aromatic rings. The van der Waals surface area contributed by atoms with Crippen molar-refractivity contribution in [3.63, 3.8) is 0 Å². The maximum atomic E-state index is 6.22. The standard InChI is InChI=1S/C14H19IO2/c1-11-4-2-3-5-13(11)14(10-15)17-12-6-8-16-9-7-12/h2-5,12,14H,6-10H2,1H3. The molecule has 1 aliphatic rings. The number of halogens is 1. The Morgan fingerprint density at radius 2 is 2.06 bits per heavy atom. The van der Waals surface area contributed by atoms with Crippen molar-refractivity contribution in [2.45, 2.75) is 32.0 Å². The second-order valence-corrected chi connectivity index (χ2v) is 5.33. The minimum atomic E-state index is 0.222. The van der Waals surface area contributed by atoms with Crippen molar-refractivity contribution in [1.29, 1.82) is 0 Å². The van der Waals surface area contributed by atoms with Crippen LogP contribution in [-0.2, 0) is 9.47 Å². The van der Waals surface area contributed by atoms with Gasteiger partial charge in [-0.1, -0.05) is 46.9 Å². The molecule has 1 saturated heterocycles. The fourth-order valence-electron chi connectivity index (χ4n) is 2.19. The Kier molecular flexibility index (Phi) is 5.25. The number of ether oxygens (including phenoxy) is 2. The molecular weight excluding hydrogens is 327 g/mol. The molecule has 3 heteroatoms. The van der Waals surface area contributed by atoms with Crippen LogP contribution in [0.25, 0.3) is 0 Å². The van der Waals surface area contributed by atoms with Gasteiger partial charge in [0.05, 0.1) is 12.2 Å². The highest BCUT2D eigenvalue weighted by Crippen LogP contribution is 2.27. The van der Waals surface area contributed by atoms with Gasteiger partial charge in [-0.3, -0.25) is 0 Å². The second-order valence-electron chi connectivity index (χ2n) is 4.45. The van der Waals surface area contributed by atoms with Crippen LogP contribution in [0, 0.1) is 6.92 Å². The molecule has 1 fully saturated rings. The van der Waals surface area contributed by atoms with E-state index in [-0.39, 0.29) is 6.10 Å². The van der Waals surface area contributed by atoms with E-state index in [4.69, 9.17) is 9.47 Å². The van der Waals surface area contributed by atoms with Gasteiger partial charge in [-0.25, -0.2) is 0 Å². The van der Waals surface area contributed by atoms with E-state index in [2.05, 4.69) is 53.8 Å². The summed E-state index contributed by atoms with van der Waals surface area (Å²) in [5.74, 6) is 0. The molecule has 0 N–H and O–H groups in total. The first kappa shape index (κ1) is 13.3. The highest BCUT2D eigenvalue weighted by Gasteiger charge is 2.20. The highest BCUT2D eigenvalue weighted by molar-refractivity contribution is 14.1. The molecule has 1 aliphatic heterocycles. The van der Waals surface area contributed by atoms with Gasteiger partial charge in [-0.15, -0.1) is 0 Å². The van der Waals surface area contributed by atoms with E-state index >= 15 is 0 Å². The van der Waals surface area contributed by atoms with Crippen molar-refractivity contribution in [3.05, 3.63) is 35.4 Å². The van der Waals surface area contributed by atoms with Crippen molar-refractivity contribution in [2.24, 2.45) is 0 Å². The number of aryl methyl sites for hydroxylation is 1. The molecule has 0 amide bonds. The van der Waals surface area contributed by atoms with Crippen molar-refractivity contribution in [3.8, 4) is 0 Å². The lowest BCUT2D eigenvalue weighted by atomic mass is 10.0. The summed E-state index contributed by atoms with van der Waals surface area (Å²) >= 11 is 2.41. The van der Waals surface area contributed by atoms with E-state index < -0.39 is 0 Å². The largest absolute Gasteiger partial charge is 0.381 e. The predicted molar refractivity (Wildman–Crippen MR) is 77.7 cm³/mol. The lowest BCUT2D eigenvalue weighted by molar-refractivity contribution is -0.0612. The van der Waals surface area contributed by atoms with E-state index in [9.17, 15) is 0 Å². The molecule has 2 nitrogen and oxygen atoms in total. The Bertz CT molecular complexity index is 348. The Morgan fingerprint density at radius 3 is 2.71 bits per heavy atom. The van der Waals surface area contributed by atoms with Gasteiger partial charge in [-0.05, 0) is 30.9 Å². The molecule has 0 spiro atoms. The third kappa shape index (κ3) is 3.66. The molecule has 1 atom stereocenters. The van der Waals surface area contributed by atoms with Gasteiger partial charge in [0.25, 0.3) is 0 Å². The summed E-state index contributed by atoms with van der Waals surface area (Å²) in [5.41, 5.74) is 2.65. The van der Waals surface area contributed by atoms with Gasteiger partial charge in [-0.2, -0.15) is 0 Å². The fraction of sp³-hybridized carbons (Fsp3) is 0.571. The summed E-state index contributed by atoms with van der Waals surface area (Å²) in [5, 5.41) is 0. The summed E-state index contributed by atoms with van der Waals surface area (Å²) in [4.78, 5) is 0. The van der Waals surface area contributed by atoms with Crippen LogP contribution < -0.4 is 0 Å². The van der Waals surface area contributed by atoms with Crippen molar-refractivity contribution in [2.75, 3.05) is 17.6 Å². The maximum absolute atomic E-state index is 6.22. The Labute approximate surface area is 117 Å². The molecule has 0 aromatic heterocycles. The van der Waals surface area contributed by atoms with E-state index in [0.717, 1.165) is 30.5 Å². The van der Waals surface area contributed by atoms with Gasteiger partial charge in [0.15, 0.2) is 0 Å². The molecule has 0 bridgehead atoms. The van der Waals surface area contributed by atoms with E-state index in [0.29, 0.717) is 6.10 Å². The molecule has 0 saturated carbocycles. The Morgan fingerprint density at radius 1 is 1.35 bits per heavy atom. The first-order valence-corrected chi connectivity index (χ1v) is 7.68. The highest BCUT2D eigenvalue weighted by atomic mass is 127. The summed E-state index contributed by atoms with van der Waals surface area (Å²) in [7, 11) is 0. The van der Waals surface area contributed by atoms with Crippen LogP contribution in [0.1, 0.15) is 30.1 Å². The number of hydrogen-bond donors (Lipinski definition) is 0.